The maximum absolute atomic E-state index is 6.13. The summed E-state index contributed by atoms with van der Waals surface area (Å²) >= 11 is 0. The van der Waals surface area contributed by atoms with Crippen LogP contribution in [0.15, 0.2) is 0 Å². The van der Waals surface area contributed by atoms with Crippen LogP contribution in [0.3, 0.4) is 0 Å². The first-order valence-electron chi connectivity index (χ1n) is 6.23. The molecule has 1 fully saturated rings. The molecule has 2 nitrogen and oxygen atoms in total. The summed E-state index contributed by atoms with van der Waals surface area (Å²) < 4.78 is 6.13. The molecule has 1 aliphatic rings. The van der Waals surface area contributed by atoms with Gasteiger partial charge in [-0.1, -0.05) is 26.7 Å². The van der Waals surface area contributed by atoms with Crippen molar-refractivity contribution < 1.29 is 4.74 Å². The molecular weight excluding hydrogens is 174 g/mol. The van der Waals surface area contributed by atoms with E-state index in [1.54, 1.807) is 0 Å². The fraction of sp³-hybridized carbons (Fsp3) is 1.00. The number of piperidine rings is 1. The fourth-order valence-electron chi connectivity index (χ4n) is 2.13. The molecule has 0 amide bonds. The SMILES string of the molecule is CCCC(CCC)OC1CCNCC1. The summed E-state index contributed by atoms with van der Waals surface area (Å²) in [6, 6.07) is 0. The van der Waals surface area contributed by atoms with E-state index in [4.69, 9.17) is 4.74 Å². The third-order valence-electron chi connectivity index (χ3n) is 2.89. The Labute approximate surface area is 88.4 Å². The van der Waals surface area contributed by atoms with Gasteiger partial charge in [-0.05, 0) is 38.8 Å². The number of nitrogens with one attached hydrogen (secondary N) is 1. The minimum absolute atomic E-state index is 0.521. The third-order valence-corrected chi connectivity index (χ3v) is 2.89. The highest BCUT2D eigenvalue weighted by molar-refractivity contribution is 4.70. The summed E-state index contributed by atoms with van der Waals surface area (Å²) in [4.78, 5) is 0. The first-order chi connectivity index (χ1) is 6.86. The van der Waals surface area contributed by atoms with Crippen LogP contribution >= 0.6 is 0 Å². The molecule has 0 radical (unpaired) electrons. The second-order valence-electron chi connectivity index (χ2n) is 4.28. The van der Waals surface area contributed by atoms with Gasteiger partial charge in [0.1, 0.15) is 0 Å². The van der Waals surface area contributed by atoms with Crippen LogP contribution in [-0.4, -0.2) is 25.3 Å². The van der Waals surface area contributed by atoms with Crippen LogP contribution in [0, 0.1) is 0 Å². The Balaban J connectivity index is 2.21. The molecule has 84 valence electrons. The second-order valence-corrected chi connectivity index (χ2v) is 4.28. The molecule has 0 aromatic rings. The highest BCUT2D eigenvalue weighted by Crippen LogP contribution is 2.16. The van der Waals surface area contributed by atoms with E-state index in [2.05, 4.69) is 19.2 Å². The van der Waals surface area contributed by atoms with Crippen LogP contribution in [0.25, 0.3) is 0 Å². The molecule has 1 saturated heterocycles. The van der Waals surface area contributed by atoms with E-state index in [1.165, 1.54) is 38.5 Å². The third kappa shape index (κ3) is 4.43. The molecule has 0 bridgehead atoms. The summed E-state index contributed by atoms with van der Waals surface area (Å²) in [5.74, 6) is 0. The van der Waals surface area contributed by atoms with Crippen LogP contribution in [0.5, 0.6) is 0 Å². The average molecular weight is 199 g/mol. The Hall–Kier alpha value is -0.0800. The van der Waals surface area contributed by atoms with Gasteiger partial charge in [0.05, 0.1) is 12.2 Å². The lowest BCUT2D eigenvalue weighted by molar-refractivity contribution is -0.0342. The highest BCUT2D eigenvalue weighted by atomic mass is 16.5. The van der Waals surface area contributed by atoms with Gasteiger partial charge in [0.15, 0.2) is 0 Å². The molecule has 0 aromatic heterocycles. The maximum atomic E-state index is 6.13. The van der Waals surface area contributed by atoms with E-state index in [-0.39, 0.29) is 0 Å². The van der Waals surface area contributed by atoms with E-state index >= 15 is 0 Å². The lowest BCUT2D eigenvalue weighted by Crippen LogP contribution is -2.34. The Bertz CT molecular complexity index is 126. The van der Waals surface area contributed by atoms with E-state index in [1.807, 2.05) is 0 Å². The summed E-state index contributed by atoms with van der Waals surface area (Å²) in [5.41, 5.74) is 0. The molecule has 2 heteroatoms. The fourth-order valence-corrected chi connectivity index (χ4v) is 2.13. The standard InChI is InChI=1S/C12H25NO/c1-3-5-11(6-4-2)14-12-7-9-13-10-8-12/h11-13H,3-10H2,1-2H3. The smallest absolute Gasteiger partial charge is 0.0603 e. The van der Waals surface area contributed by atoms with Gasteiger partial charge in [-0.15, -0.1) is 0 Å². The molecule has 0 unspecified atom stereocenters. The van der Waals surface area contributed by atoms with Gasteiger partial charge in [0.2, 0.25) is 0 Å². The maximum Gasteiger partial charge on any atom is 0.0603 e. The minimum Gasteiger partial charge on any atom is -0.375 e. The second kappa shape index (κ2) is 7.24. The molecule has 0 aliphatic carbocycles. The van der Waals surface area contributed by atoms with Crippen molar-refractivity contribution >= 4 is 0 Å². The van der Waals surface area contributed by atoms with Crippen molar-refractivity contribution in [2.24, 2.45) is 0 Å². The van der Waals surface area contributed by atoms with Crippen LogP contribution in [-0.2, 0) is 4.74 Å². The first-order valence-corrected chi connectivity index (χ1v) is 6.23. The van der Waals surface area contributed by atoms with Crippen molar-refractivity contribution in [2.75, 3.05) is 13.1 Å². The van der Waals surface area contributed by atoms with Crippen LogP contribution in [0.1, 0.15) is 52.4 Å². The van der Waals surface area contributed by atoms with Crippen molar-refractivity contribution in [3.8, 4) is 0 Å². The quantitative estimate of drug-likeness (QED) is 0.710. The zero-order chi connectivity index (χ0) is 10.2. The predicted molar refractivity (Wildman–Crippen MR) is 60.6 cm³/mol. The van der Waals surface area contributed by atoms with Crippen molar-refractivity contribution in [3.63, 3.8) is 0 Å². The van der Waals surface area contributed by atoms with Crippen molar-refractivity contribution in [1.82, 2.24) is 5.32 Å². The lowest BCUT2D eigenvalue weighted by atomic mass is 10.1. The van der Waals surface area contributed by atoms with Gasteiger partial charge in [-0.2, -0.15) is 0 Å². The zero-order valence-electron chi connectivity index (χ0n) is 9.72. The summed E-state index contributed by atoms with van der Waals surface area (Å²) in [7, 11) is 0. The molecule has 0 saturated carbocycles. The van der Waals surface area contributed by atoms with Crippen LogP contribution in [0.4, 0.5) is 0 Å². The zero-order valence-corrected chi connectivity index (χ0v) is 9.72. The van der Waals surface area contributed by atoms with Gasteiger partial charge < -0.3 is 10.1 Å². The molecule has 0 aromatic carbocycles. The minimum atomic E-state index is 0.521. The first kappa shape index (κ1) is 12.0. The number of rotatable bonds is 6. The van der Waals surface area contributed by atoms with Crippen molar-refractivity contribution in [2.45, 2.75) is 64.6 Å². The Morgan fingerprint density at radius 3 is 2.21 bits per heavy atom. The topological polar surface area (TPSA) is 21.3 Å². The molecule has 14 heavy (non-hydrogen) atoms. The van der Waals surface area contributed by atoms with Gasteiger partial charge in [0.25, 0.3) is 0 Å². The van der Waals surface area contributed by atoms with Gasteiger partial charge >= 0.3 is 0 Å². The normalized spacial score (nSPS) is 19.1. The summed E-state index contributed by atoms with van der Waals surface area (Å²) in [5, 5.41) is 3.37. The van der Waals surface area contributed by atoms with Gasteiger partial charge in [0, 0.05) is 0 Å². The Morgan fingerprint density at radius 1 is 1.14 bits per heavy atom. The molecule has 1 N–H and O–H groups in total. The number of ether oxygens (including phenoxy) is 1. The van der Waals surface area contributed by atoms with Crippen molar-refractivity contribution in [1.29, 1.82) is 0 Å². The molecule has 1 aliphatic heterocycles. The highest BCUT2D eigenvalue weighted by Gasteiger charge is 2.17. The van der Waals surface area contributed by atoms with E-state index in [0.29, 0.717) is 12.2 Å². The largest absolute Gasteiger partial charge is 0.375 e. The predicted octanol–water partition coefficient (Wildman–Crippen LogP) is 2.72. The Kier molecular flexibility index (Phi) is 6.20. The molecule has 0 atom stereocenters. The molecule has 1 heterocycles. The van der Waals surface area contributed by atoms with Gasteiger partial charge in [-0.3, -0.25) is 0 Å². The monoisotopic (exact) mass is 199 g/mol. The molecular formula is C12H25NO. The number of hydrogen-bond donors (Lipinski definition) is 1. The average Bonchev–Trinajstić information content (AvgIpc) is 2.20. The van der Waals surface area contributed by atoms with Crippen LogP contribution < -0.4 is 5.32 Å². The van der Waals surface area contributed by atoms with Crippen molar-refractivity contribution in [3.05, 3.63) is 0 Å². The molecule has 0 spiro atoms. The Morgan fingerprint density at radius 2 is 1.71 bits per heavy atom. The van der Waals surface area contributed by atoms with Gasteiger partial charge in [-0.25, -0.2) is 0 Å². The summed E-state index contributed by atoms with van der Waals surface area (Å²) in [6.07, 6.45) is 8.40. The van der Waals surface area contributed by atoms with E-state index in [9.17, 15) is 0 Å². The van der Waals surface area contributed by atoms with E-state index in [0.717, 1.165) is 13.1 Å². The van der Waals surface area contributed by atoms with E-state index < -0.39 is 0 Å². The number of hydrogen-bond acceptors (Lipinski definition) is 2. The summed E-state index contributed by atoms with van der Waals surface area (Å²) in [6.45, 7) is 6.76. The van der Waals surface area contributed by atoms with Crippen LogP contribution in [0.2, 0.25) is 0 Å². The molecule has 1 rings (SSSR count). The lowest BCUT2D eigenvalue weighted by Gasteiger charge is -2.28.